The van der Waals surface area contributed by atoms with Gasteiger partial charge in [0, 0.05) is 0 Å². The molecule has 12 heavy (non-hydrogen) atoms. The van der Waals surface area contributed by atoms with E-state index < -0.39 is 7.82 Å². The standard InChI is InChI=1S/C3H3NO2S.H3O4P/c5-2-1-7-3(6)4-2;1-5(2,3)4/h1H2,(H,4,5,6);(H3,1,2,3,4). The van der Waals surface area contributed by atoms with Crippen molar-refractivity contribution in [3.63, 3.8) is 0 Å². The Kier molecular flexibility index (Phi) is 4.43. The number of rotatable bonds is 0. The third-order valence-corrected chi connectivity index (χ3v) is 1.35. The van der Waals surface area contributed by atoms with Gasteiger partial charge in [0.2, 0.25) is 5.91 Å². The molecule has 0 aliphatic carbocycles. The molecule has 0 unspecified atom stereocenters. The van der Waals surface area contributed by atoms with Crippen LogP contribution in [0.3, 0.4) is 0 Å². The van der Waals surface area contributed by atoms with E-state index in [4.69, 9.17) is 19.2 Å². The van der Waals surface area contributed by atoms with E-state index in [1.807, 2.05) is 0 Å². The molecule has 0 saturated carbocycles. The lowest BCUT2D eigenvalue weighted by molar-refractivity contribution is -0.117. The molecule has 0 radical (unpaired) electrons. The topological polar surface area (TPSA) is 124 Å². The van der Waals surface area contributed by atoms with Gasteiger partial charge in [-0.1, -0.05) is 11.8 Å². The van der Waals surface area contributed by atoms with Crippen LogP contribution >= 0.6 is 19.6 Å². The van der Waals surface area contributed by atoms with Crippen LogP contribution in [0.5, 0.6) is 0 Å². The van der Waals surface area contributed by atoms with Gasteiger partial charge in [-0.05, 0) is 0 Å². The summed E-state index contributed by atoms with van der Waals surface area (Å²) in [5.74, 6) is 0.105. The summed E-state index contributed by atoms with van der Waals surface area (Å²) in [5, 5.41) is 1.87. The number of nitrogens with one attached hydrogen (secondary N) is 1. The zero-order valence-corrected chi connectivity index (χ0v) is 7.34. The molecule has 1 rings (SSSR count). The Morgan fingerprint density at radius 3 is 1.83 bits per heavy atom. The predicted octanol–water partition coefficient (Wildman–Crippen LogP) is -0.959. The first-order valence-corrected chi connectivity index (χ1v) is 5.09. The van der Waals surface area contributed by atoms with E-state index >= 15 is 0 Å². The van der Waals surface area contributed by atoms with Crippen molar-refractivity contribution in [3.05, 3.63) is 0 Å². The molecule has 1 heterocycles. The van der Waals surface area contributed by atoms with E-state index in [1.54, 1.807) is 0 Å². The van der Waals surface area contributed by atoms with Crippen molar-refractivity contribution in [1.29, 1.82) is 0 Å². The highest BCUT2D eigenvalue weighted by Crippen LogP contribution is 2.25. The molecule has 0 aromatic rings. The lowest BCUT2D eigenvalue weighted by atomic mass is 10.7. The van der Waals surface area contributed by atoms with Crippen LogP contribution < -0.4 is 5.32 Å². The second kappa shape index (κ2) is 4.58. The summed E-state index contributed by atoms with van der Waals surface area (Å²) in [6, 6.07) is 0. The molecule has 1 aliphatic rings. The van der Waals surface area contributed by atoms with E-state index in [0.29, 0.717) is 5.75 Å². The summed E-state index contributed by atoms with van der Waals surface area (Å²) >= 11 is 1.01. The number of carbonyl (C=O) groups is 2. The van der Waals surface area contributed by atoms with E-state index in [1.165, 1.54) is 0 Å². The SMILES string of the molecule is O=C1CSC(=O)N1.O=P(O)(O)O. The molecule has 0 spiro atoms. The van der Waals surface area contributed by atoms with Gasteiger partial charge in [0.15, 0.2) is 0 Å². The monoisotopic (exact) mass is 215 g/mol. The van der Waals surface area contributed by atoms with Crippen LogP contribution in [0.2, 0.25) is 0 Å². The molecule has 0 aromatic carbocycles. The Bertz CT molecular complexity index is 213. The van der Waals surface area contributed by atoms with Gasteiger partial charge in [-0.15, -0.1) is 0 Å². The van der Waals surface area contributed by atoms with Gasteiger partial charge in [-0.3, -0.25) is 14.9 Å². The highest BCUT2D eigenvalue weighted by molar-refractivity contribution is 8.14. The average molecular weight is 215 g/mol. The van der Waals surface area contributed by atoms with Crippen molar-refractivity contribution in [2.75, 3.05) is 5.75 Å². The maximum Gasteiger partial charge on any atom is 0.466 e. The smallest absolute Gasteiger partial charge is 0.303 e. The van der Waals surface area contributed by atoms with Crippen molar-refractivity contribution in [3.8, 4) is 0 Å². The quantitative estimate of drug-likeness (QED) is 0.383. The lowest BCUT2D eigenvalue weighted by Gasteiger charge is -1.82. The van der Waals surface area contributed by atoms with Crippen LogP contribution in [0, 0.1) is 0 Å². The first-order chi connectivity index (χ1) is 5.29. The van der Waals surface area contributed by atoms with Crippen LogP contribution in [0.25, 0.3) is 0 Å². The Morgan fingerprint density at radius 1 is 1.33 bits per heavy atom. The van der Waals surface area contributed by atoms with Crippen molar-refractivity contribution in [1.82, 2.24) is 5.32 Å². The van der Waals surface area contributed by atoms with Crippen molar-refractivity contribution in [2.24, 2.45) is 0 Å². The largest absolute Gasteiger partial charge is 0.466 e. The first kappa shape index (κ1) is 11.6. The van der Waals surface area contributed by atoms with Crippen LogP contribution in [0.15, 0.2) is 0 Å². The predicted molar refractivity (Wildman–Crippen MR) is 40.3 cm³/mol. The van der Waals surface area contributed by atoms with Crippen molar-refractivity contribution >= 4 is 30.7 Å². The average Bonchev–Trinajstić information content (AvgIpc) is 2.09. The van der Waals surface area contributed by atoms with Gasteiger partial charge in [0.25, 0.3) is 5.24 Å². The Balaban J connectivity index is 0.000000217. The molecule has 1 saturated heterocycles. The summed E-state index contributed by atoms with van der Waals surface area (Å²) in [7, 11) is -4.64. The molecule has 1 aliphatic heterocycles. The van der Waals surface area contributed by atoms with Gasteiger partial charge in [-0.2, -0.15) is 0 Å². The second-order valence-electron chi connectivity index (χ2n) is 1.64. The van der Waals surface area contributed by atoms with Gasteiger partial charge < -0.3 is 14.7 Å². The molecule has 0 aromatic heterocycles. The van der Waals surface area contributed by atoms with E-state index in [0.717, 1.165) is 11.8 Å². The van der Waals surface area contributed by atoms with E-state index in [2.05, 4.69) is 5.32 Å². The van der Waals surface area contributed by atoms with Crippen molar-refractivity contribution in [2.45, 2.75) is 0 Å². The molecule has 7 nitrogen and oxygen atoms in total. The molecule has 0 bridgehead atoms. The number of hydrogen-bond donors (Lipinski definition) is 4. The first-order valence-electron chi connectivity index (χ1n) is 2.54. The number of imide groups is 1. The zero-order chi connectivity index (χ0) is 9.78. The zero-order valence-electron chi connectivity index (χ0n) is 5.63. The summed E-state index contributed by atoms with van der Waals surface area (Å²) in [6.07, 6.45) is 0. The molecule has 9 heteroatoms. The van der Waals surface area contributed by atoms with Gasteiger partial charge in [0.05, 0.1) is 5.75 Å². The fourth-order valence-corrected chi connectivity index (χ4v) is 0.837. The van der Waals surface area contributed by atoms with Crippen LogP contribution in [0.1, 0.15) is 0 Å². The van der Waals surface area contributed by atoms with Crippen LogP contribution in [0.4, 0.5) is 4.79 Å². The van der Waals surface area contributed by atoms with E-state index in [9.17, 15) is 9.59 Å². The Morgan fingerprint density at radius 2 is 1.75 bits per heavy atom. The van der Waals surface area contributed by atoms with Crippen LogP contribution in [-0.2, 0) is 9.36 Å². The molecule has 2 amide bonds. The third-order valence-electron chi connectivity index (χ3n) is 0.576. The van der Waals surface area contributed by atoms with Crippen molar-refractivity contribution < 1.29 is 28.8 Å². The summed E-state index contributed by atoms with van der Waals surface area (Å²) < 4.78 is 8.88. The fourth-order valence-electron chi connectivity index (χ4n) is 0.317. The molecule has 1 fully saturated rings. The minimum atomic E-state index is -4.64. The molecular weight excluding hydrogens is 209 g/mol. The number of hydrogen-bond acceptors (Lipinski definition) is 4. The summed E-state index contributed by atoms with van der Waals surface area (Å²) in [5.41, 5.74) is 0. The van der Waals surface area contributed by atoms with E-state index in [-0.39, 0.29) is 11.1 Å². The molecule has 0 atom stereocenters. The fraction of sp³-hybridized carbons (Fsp3) is 0.333. The summed E-state index contributed by atoms with van der Waals surface area (Å²) in [4.78, 5) is 41.7. The molecular formula is C3H6NO6PS. The Labute approximate surface area is 71.4 Å². The normalized spacial score (nSPS) is 16.6. The minimum absolute atomic E-state index is 0.185. The maximum absolute atomic E-state index is 10.1. The maximum atomic E-state index is 10.1. The molecule has 70 valence electrons. The Hall–Kier alpha value is -0.400. The summed E-state index contributed by atoms with van der Waals surface area (Å²) in [6.45, 7) is 0. The van der Waals surface area contributed by atoms with Gasteiger partial charge in [-0.25, -0.2) is 4.57 Å². The number of carbonyl (C=O) groups excluding carboxylic acids is 2. The highest BCUT2D eigenvalue weighted by atomic mass is 32.2. The van der Waals surface area contributed by atoms with Gasteiger partial charge >= 0.3 is 7.82 Å². The third kappa shape index (κ3) is 9.60. The van der Waals surface area contributed by atoms with Crippen LogP contribution in [-0.4, -0.2) is 31.6 Å². The second-order valence-corrected chi connectivity index (χ2v) is 3.61. The number of amides is 2. The minimum Gasteiger partial charge on any atom is -0.303 e. The number of thioether (sulfide) groups is 1. The highest BCUT2D eigenvalue weighted by Gasteiger charge is 2.16. The van der Waals surface area contributed by atoms with Gasteiger partial charge in [0.1, 0.15) is 0 Å². The lowest BCUT2D eigenvalue weighted by Crippen LogP contribution is -2.18. The number of phosphoric acid groups is 1. The molecule has 4 N–H and O–H groups in total.